The number of rotatable bonds is 6. The minimum atomic E-state index is -0.426. The molecule has 0 bridgehead atoms. The molecule has 0 aliphatic heterocycles. The van der Waals surface area contributed by atoms with Gasteiger partial charge in [-0.2, -0.15) is 10.2 Å². The van der Waals surface area contributed by atoms with Crippen molar-refractivity contribution in [3.05, 3.63) is 100 Å². The van der Waals surface area contributed by atoms with Crippen LogP contribution in [0.15, 0.2) is 84.1 Å². The maximum absolute atomic E-state index is 13.5. The van der Waals surface area contributed by atoms with E-state index < -0.39 is 5.91 Å². The summed E-state index contributed by atoms with van der Waals surface area (Å²) in [6.45, 7) is 0. The third kappa shape index (κ3) is 4.66. The lowest BCUT2D eigenvalue weighted by molar-refractivity contribution is 0.0959. The Balaban J connectivity index is 1.43. The summed E-state index contributed by atoms with van der Waals surface area (Å²) in [4.78, 5) is 13.2. The van der Waals surface area contributed by atoms with Gasteiger partial charge < -0.3 is 4.74 Å². The van der Waals surface area contributed by atoms with E-state index in [0.717, 1.165) is 21.3 Å². The van der Waals surface area contributed by atoms with Gasteiger partial charge in [-0.1, -0.05) is 29.8 Å². The van der Waals surface area contributed by atoms with Gasteiger partial charge in [-0.25, -0.2) is 14.5 Å². The van der Waals surface area contributed by atoms with E-state index in [-0.39, 0.29) is 5.82 Å². The number of thiophene rings is 1. The number of amides is 1. The molecule has 2 aromatic heterocycles. The van der Waals surface area contributed by atoms with Crippen LogP contribution in [-0.2, 0) is 0 Å². The van der Waals surface area contributed by atoms with Crippen molar-refractivity contribution in [2.24, 2.45) is 5.10 Å². The van der Waals surface area contributed by atoms with Crippen molar-refractivity contribution in [2.45, 2.75) is 0 Å². The van der Waals surface area contributed by atoms with Gasteiger partial charge in [-0.15, -0.1) is 11.3 Å². The molecule has 3 aromatic carbocycles. The highest BCUT2D eigenvalue weighted by atomic mass is 35.5. The number of hydrogen-bond donors (Lipinski definition) is 1. The quantitative estimate of drug-likeness (QED) is 0.217. The fourth-order valence-corrected chi connectivity index (χ4v) is 4.99. The molecule has 5 rings (SSSR count). The number of carbonyl (C=O) groups excluding carboxylic acids is 1. The summed E-state index contributed by atoms with van der Waals surface area (Å²) >= 11 is 7.71. The van der Waals surface area contributed by atoms with Crippen molar-refractivity contribution >= 4 is 45.1 Å². The first kappa shape index (κ1) is 22.8. The molecule has 1 amide bonds. The topological polar surface area (TPSA) is 68.5 Å². The van der Waals surface area contributed by atoms with Gasteiger partial charge in [0.1, 0.15) is 22.1 Å². The summed E-state index contributed by atoms with van der Waals surface area (Å²) in [6.07, 6.45) is 3.30. The Bertz CT molecular complexity index is 1550. The first-order chi connectivity index (χ1) is 17.0. The summed E-state index contributed by atoms with van der Waals surface area (Å²) in [5.41, 5.74) is 5.36. The predicted molar refractivity (Wildman–Crippen MR) is 137 cm³/mol. The molecular formula is C26H18ClFN4O2S. The lowest BCUT2D eigenvalue weighted by Crippen LogP contribution is -2.16. The molecule has 9 heteroatoms. The second-order valence-corrected chi connectivity index (χ2v) is 8.96. The molecule has 0 saturated heterocycles. The van der Waals surface area contributed by atoms with Gasteiger partial charge in [-0.3, -0.25) is 4.79 Å². The van der Waals surface area contributed by atoms with Gasteiger partial charge in [0.15, 0.2) is 0 Å². The monoisotopic (exact) mass is 504 g/mol. The molecule has 0 aliphatic rings. The van der Waals surface area contributed by atoms with E-state index in [9.17, 15) is 9.18 Å². The largest absolute Gasteiger partial charge is 0.497 e. The number of halogens is 2. The molecule has 1 N–H and O–H groups in total. The fourth-order valence-electron chi connectivity index (χ4n) is 3.56. The molecule has 6 nitrogen and oxygen atoms in total. The van der Waals surface area contributed by atoms with Gasteiger partial charge in [0.2, 0.25) is 0 Å². The van der Waals surface area contributed by atoms with Crippen molar-refractivity contribution in [1.29, 1.82) is 0 Å². The van der Waals surface area contributed by atoms with Crippen LogP contribution in [0.3, 0.4) is 0 Å². The maximum Gasteiger partial charge on any atom is 0.283 e. The van der Waals surface area contributed by atoms with Crippen molar-refractivity contribution in [2.75, 3.05) is 7.11 Å². The average molecular weight is 505 g/mol. The predicted octanol–water partition coefficient (Wildman–Crippen LogP) is 6.32. The average Bonchev–Trinajstić information content (AvgIpc) is 3.46. The zero-order valence-corrected chi connectivity index (χ0v) is 20.0. The van der Waals surface area contributed by atoms with Gasteiger partial charge >= 0.3 is 0 Å². The molecule has 5 aromatic rings. The van der Waals surface area contributed by atoms with Crippen LogP contribution in [0.25, 0.3) is 27.0 Å². The number of para-hydroxylation sites is 1. The highest BCUT2D eigenvalue weighted by Crippen LogP contribution is 2.37. The van der Waals surface area contributed by atoms with Gasteiger partial charge in [0.05, 0.1) is 24.0 Å². The number of nitrogens with zero attached hydrogens (tertiary/aromatic N) is 3. The fraction of sp³-hybridized carbons (Fsp3) is 0.0385. The van der Waals surface area contributed by atoms with Crippen LogP contribution in [0.4, 0.5) is 4.39 Å². The lowest BCUT2D eigenvalue weighted by atomic mass is 10.1. The SMILES string of the molecule is COc1ccc2c(Cl)c(C(=O)N/N=C\c3cn(-c4ccccc4)nc3-c3ccc(F)cc3)sc2c1. The van der Waals surface area contributed by atoms with Gasteiger partial charge in [0, 0.05) is 27.4 Å². The van der Waals surface area contributed by atoms with E-state index >= 15 is 0 Å². The smallest absolute Gasteiger partial charge is 0.283 e. The number of hydrazone groups is 1. The van der Waals surface area contributed by atoms with Crippen LogP contribution >= 0.6 is 22.9 Å². The number of aromatic nitrogens is 2. The molecule has 0 aliphatic carbocycles. The molecular weight excluding hydrogens is 487 g/mol. The number of fused-ring (bicyclic) bond motifs is 1. The summed E-state index contributed by atoms with van der Waals surface area (Å²) in [5.74, 6) is -0.0779. The number of nitrogens with one attached hydrogen (secondary N) is 1. The maximum atomic E-state index is 13.5. The van der Waals surface area contributed by atoms with Crippen molar-refractivity contribution in [3.63, 3.8) is 0 Å². The zero-order valence-electron chi connectivity index (χ0n) is 18.4. The van der Waals surface area contributed by atoms with Crippen LogP contribution in [0.5, 0.6) is 5.75 Å². The molecule has 0 saturated carbocycles. The number of benzene rings is 3. The second-order valence-electron chi connectivity index (χ2n) is 7.53. The van der Waals surface area contributed by atoms with E-state index in [1.165, 1.54) is 29.7 Å². The Morgan fingerprint density at radius 3 is 2.66 bits per heavy atom. The normalized spacial score (nSPS) is 11.3. The molecule has 0 radical (unpaired) electrons. The number of ether oxygens (including phenoxy) is 1. The van der Waals surface area contributed by atoms with E-state index in [1.54, 1.807) is 36.2 Å². The number of methoxy groups -OCH3 is 1. The van der Waals surface area contributed by atoms with Crippen LogP contribution in [-0.4, -0.2) is 29.0 Å². The highest BCUT2D eigenvalue weighted by Gasteiger charge is 2.17. The Hall–Kier alpha value is -4.01. The minimum absolute atomic E-state index is 0.337. The lowest BCUT2D eigenvalue weighted by Gasteiger charge is -2.00. The van der Waals surface area contributed by atoms with E-state index in [0.29, 0.717) is 26.9 Å². The third-order valence-corrected chi connectivity index (χ3v) is 6.95. The molecule has 0 unspecified atom stereocenters. The molecule has 0 spiro atoms. The van der Waals surface area contributed by atoms with Crippen LogP contribution < -0.4 is 10.2 Å². The van der Waals surface area contributed by atoms with E-state index in [1.807, 2.05) is 42.5 Å². The Morgan fingerprint density at radius 2 is 1.91 bits per heavy atom. The minimum Gasteiger partial charge on any atom is -0.497 e. The summed E-state index contributed by atoms with van der Waals surface area (Å²) in [7, 11) is 1.58. The summed E-state index contributed by atoms with van der Waals surface area (Å²) in [5, 5.41) is 9.94. The number of carbonyl (C=O) groups is 1. The summed E-state index contributed by atoms with van der Waals surface area (Å²) < 4.78 is 21.3. The zero-order chi connectivity index (χ0) is 24.4. The Morgan fingerprint density at radius 1 is 1.14 bits per heavy atom. The molecule has 174 valence electrons. The molecule has 0 fully saturated rings. The van der Waals surface area contributed by atoms with Crippen LogP contribution in [0.1, 0.15) is 15.2 Å². The Labute approximate surface area is 209 Å². The third-order valence-electron chi connectivity index (χ3n) is 5.29. The van der Waals surface area contributed by atoms with E-state index in [4.69, 9.17) is 16.3 Å². The van der Waals surface area contributed by atoms with Crippen molar-refractivity contribution in [1.82, 2.24) is 15.2 Å². The molecule has 35 heavy (non-hydrogen) atoms. The van der Waals surface area contributed by atoms with Crippen LogP contribution in [0, 0.1) is 5.82 Å². The van der Waals surface area contributed by atoms with Crippen LogP contribution in [0.2, 0.25) is 5.02 Å². The standard InChI is InChI=1S/C26H18ClFN4O2S/c1-34-20-11-12-21-22(13-20)35-25(23(21)27)26(33)30-29-14-17-15-32(19-5-3-2-4-6-19)31-24(17)16-7-9-18(28)10-8-16/h2-15H,1H3,(H,30,33)/b29-14-. The molecule has 0 atom stereocenters. The molecule has 2 heterocycles. The van der Waals surface area contributed by atoms with E-state index in [2.05, 4.69) is 15.6 Å². The Kier molecular flexibility index (Phi) is 6.31. The van der Waals surface area contributed by atoms with Crippen molar-refractivity contribution in [3.8, 4) is 22.7 Å². The highest BCUT2D eigenvalue weighted by molar-refractivity contribution is 7.21. The summed E-state index contributed by atoms with van der Waals surface area (Å²) in [6, 6.07) is 21.1. The first-order valence-corrected chi connectivity index (χ1v) is 11.7. The van der Waals surface area contributed by atoms with Crippen molar-refractivity contribution < 1.29 is 13.9 Å². The van der Waals surface area contributed by atoms with Gasteiger partial charge in [0.25, 0.3) is 5.91 Å². The van der Waals surface area contributed by atoms with Gasteiger partial charge in [-0.05, 0) is 54.6 Å². The second kappa shape index (κ2) is 9.69. The number of hydrogen-bond acceptors (Lipinski definition) is 5. The first-order valence-electron chi connectivity index (χ1n) is 10.5.